The molecule has 1 aliphatic rings. The number of halogens is 1. The number of hydrogen-bond donors (Lipinski definition) is 2. The van der Waals surface area contributed by atoms with Gasteiger partial charge >= 0.3 is 0 Å². The summed E-state index contributed by atoms with van der Waals surface area (Å²) in [4.78, 5) is 13.0. The van der Waals surface area contributed by atoms with Crippen LogP contribution in [-0.4, -0.2) is 25.0 Å². The van der Waals surface area contributed by atoms with Gasteiger partial charge in [-0.1, -0.05) is 25.4 Å². The van der Waals surface area contributed by atoms with Crippen molar-refractivity contribution >= 4 is 28.8 Å². The molecule has 1 fully saturated rings. The number of thiophene rings is 1. The minimum atomic E-state index is 0.0195. The molecule has 1 aromatic rings. The van der Waals surface area contributed by atoms with E-state index in [1.54, 1.807) is 12.1 Å². The summed E-state index contributed by atoms with van der Waals surface area (Å²) in [6.07, 6.45) is 3.32. The zero-order valence-electron chi connectivity index (χ0n) is 12.1. The van der Waals surface area contributed by atoms with Crippen molar-refractivity contribution in [2.45, 2.75) is 39.2 Å². The Morgan fingerprint density at radius 3 is 2.70 bits per heavy atom. The van der Waals surface area contributed by atoms with Gasteiger partial charge in [-0.15, -0.1) is 11.3 Å². The molecule has 1 amide bonds. The maximum absolute atomic E-state index is 12.3. The van der Waals surface area contributed by atoms with Gasteiger partial charge in [-0.25, -0.2) is 0 Å². The zero-order chi connectivity index (χ0) is 14.5. The fourth-order valence-electron chi connectivity index (χ4n) is 2.80. The molecular weight excluding hydrogens is 292 g/mol. The van der Waals surface area contributed by atoms with Crippen LogP contribution in [0.4, 0.5) is 0 Å². The number of amides is 1. The van der Waals surface area contributed by atoms with Gasteiger partial charge in [0.15, 0.2) is 0 Å². The van der Waals surface area contributed by atoms with Gasteiger partial charge in [-0.05, 0) is 56.3 Å². The van der Waals surface area contributed by atoms with Crippen molar-refractivity contribution in [2.75, 3.05) is 13.1 Å². The number of carbonyl (C=O) groups is 1. The second-order valence-corrected chi connectivity index (χ2v) is 7.62. The fraction of sp³-hybridized carbons (Fsp3) is 0.667. The van der Waals surface area contributed by atoms with Crippen LogP contribution < -0.4 is 10.6 Å². The van der Waals surface area contributed by atoms with Crippen LogP contribution in [0.5, 0.6) is 0 Å². The van der Waals surface area contributed by atoms with Crippen molar-refractivity contribution in [1.29, 1.82) is 0 Å². The molecule has 2 rings (SSSR count). The Hall–Kier alpha value is -0.580. The smallest absolute Gasteiger partial charge is 0.261 e. The summed E-state index contributed by atoms with van der Waals surface area (Å²) in [6, 6.07) is 3.85. The lowest BCUT2D eigenvalue weighted by molar-refractivity contribution is 0.0910. The normalized spacial score (nSPS) is 18.2. The first-order chi connectivity index (χ1) is 9.56. The maximum atomic E-state index is 12.3. The van der Waals surface area contributed by atoms with Crippen molar-refractivity contribution in [2.24, 2.45) is 11.8 Å². The molecule has 0 spiro atoms. The van der Waals surface area contributed by atoms with Gasteiger partial charge in [0.25, 0.3) is 5.91 Å². The highest BCUT2D eigenvalue weighted by molar-refractivity contribution is 7.17. The van der Waals surface area contributed by atoms with E-state index < -0.39 is 0 Å². The largest absolute Gasteiger partial charge is 0.348 e. The Morgan fingerprint density at radius 1 is 1.45 bits per heavy atom. The molecule has 3 nitrogen and oxygen atoms in total. The maximum Gasteiger partial charge on any atom is 0.261 e. The molecule has 0 saturated carbocycles. The first kappa shape index (κ1) is 15.8. The monoisotopic (exact) mass is 314 g/mol. The molecule has 1 saturated heterocycles. The number of nitrogens with one attached hydrogen (secondary N) is 2. The summed E-state index contributed by atoms with van der Waals surface area (Å²) in [6.45, 7) is 6.53. The van der Waals surface area contributed by atoms with Crippen LogP contribution in [0, 0.1) is 11.8 Å². The second-order valence-electron chi connectivity index (χ2n) is 5.90. The van der Waals surface area contributed by atoms with E-state index in [1.807, 2.05) is 0 Å². The van der Waals surface area contributed by atoms with Crippen molar-refractivity contribution in [1.82, 2.24) is 10.6 Å². The summed E-state index contributed by atoms with van der Waals surface area (Å²) in [5, 5.41) is 6.62. The first-order valence-electron chi connectivity index (χ1n) is 7.33. The van der Waals surface area contributed by atoms with Gasteiger partial charge in [-0.2, -0.15) is 0 Å². The van der Waals surface area contributed by atoms with Gasteiger partial charge < -0.3 is 10.6 Å². The molecule has 0 radical (unpaired) electrons. The van der Waals surface area contributed by atoms with Gasteiger partial charge in [0.1, 0.15) is 0 Å². The second kappa shape index (κ2) is 7.43. The average molecular weight is 315 g/mol. The van der Waals surface area contributed by atoms with Crippen LogP contribution >= 0.6 is 22.9 Å². The van der Waals surface area contributed by atoms with E-state index >= 15 is 0 Å². The van der Waals surface area contributed by atoms with E-state index in [4.69, 9.17) is 11.6 Å². The molecule has 20 heavy (non-hydrogen) atoms. The Morgan fingerprint density at radius 2 is 2.15 bits per heavy atom. The topological polar surface area (TPSA) is 41.1 Å². The predicted molar refractivity (Wildman–Crippen MR) is 85.6 cm³/mol. The third-order valence-corrected chi connectivity index (χ3v) is 5.02. The number of rotatable bonds is 5. The van der Waals surface area contributed by atoms with Crippen molar-refractivity contribution < 1.29 is 4.79 Å². The molecule has 1 atom stereocenters. The summed E-state index contributed by atoms with van der Waals surface area (Å²) < 4.78 is 0.664. The van der Waals surface area contributed by atoms with E-state index in [9.17, 15) is 4.79 Å². The van der Waals surface area contributed by atoms with E-state index in [0.717, 1.165) is 32.4 Å². The van der Waals surface area contributed by atoms with Gasteiger partial charge in [0.05, 0.1) is 9.21 Å². The molecular formula is C15H23ClN2OS. The Kier molecular flexibility index (Phi) is 5.87. The third-order valence-electron chi connectivity index (χ3n) is 3.79. The quantitative estimate of drug-likeness (QED) is 0.872. The average Bonchev–Trinajstić information content (AvgIpc) is 2.85. The lowest BCUT2D eigenvalue weighted by Gasteiger charge is -2.32. The van der Waals surface area contributed by atoms with E-state index in [-0.39, 0.29) is 11.9 Å². The fourth-order valence-corrected chi connectivity index (χ4v) is 3.75. The Labute approximate surface area is 130 Å². The SMILES string of the molecule is CC(C)C[C@H](NC(=O)c1ccc(Cl)s1)C1CCNCC1. The number of piperidine rings is 1. The first-order valence-corrected chi connectivity index (χ1v) is 8.52. The van der Waals surface area contributed by atoms with Crippen molar-refractivity contribution in [3.8, 4) is 0 Å². The zero-order valence-corrected chi connectivity index (χ0v) is 13.7. The van der Waals surface area contributed by atoms with E-state index in [0.29, 0.717) is 21.0 Å². The molecule has 112 valence electrons. The molecule has 2 N–H and O–H groups in total. The minimum absolute atomic E-state index is 0.0195. The highest BCUT2D eigenvalue weighted by atomic mass is 35.5. The number of carbonyl (C=O) groups excluding carboxylic acids is 1. The molecule has 0 aliphatic carbocycles. The van der Waals surface area contributed by atoms with Crippen LogP contribution in [0.15, 0.2) is 12.1 Å². The Bertz CT molecular complexity index is 441. The van der Waals surface area contributed by atoms with Crippen LogP contribution in [0.1, 0.15) is 42.8 Å². The molecule has 0 aromatic carbocycles. The minimum Gasteiger partial charge on any atom is -0.348 e. The summed E-state index contributed by atoms with van der Waals surface area (Å²) in [5.41, 5.74) is 0. The van der Waals surface area contributed by atoms with Crippen molar-refractivity contribution in [3.05, 3.63) is 21.3 Å². The van der Waals surface area contributed by atoms with Gasteiger partial charge in [0, 0.05) is 6.04 Å². The standard InChI is InChI=1S/C15H23ClN2OS/c1-10(2)9-12(11-5-7-17-8-6-11)18-15(19)13-3-4-14(16)20-13/h3-4,10-12,17H,5-9H2,1-2H3,(H,18,19)/t12-/m0/s1. The molecule has 0 bridgehead atoms. The number of hydrogen-bond acceptors (Lipinski definition) is 3. The predicted octanol–water partition coefficient (Wildman–Crippen LogP) is 3.55. The highest BCUT2D eigenvalue weighted by Crippen LogP contribution is 2.24. The van der Waals surface area contributed by atoms with Crippen LogP contribution in [0.2, 0.25) is 4.34 Å². The molecule has 0 unspecified atom stereocenters. The summed E-state index contributed by atoms with van der Waals surface area (Å²) >= 11 is 7.25. The van der Waals surface area contributed by atoms with Crippen molar-refractivity contribution in [3.63, 3.8) is 0 Å². The molecule has 1 aromatic heterocycles. The van der Waals surface area contributed by atoms with Crippen LogP contribution in [-0.2, 0) is 0 Å². The molecule has 5 heteroatoms. The van der Waals surface area contributed by atoms with Gasteiger partial charge in [0.2, 0.25) is 0 Å². The summed E-state index contributed by atoms with van der Waals surface area (Å²) in [7, 11) is 0. The van der Waals surface area contributed by atoms with E-state index in [2.05, 4.69) is 24.5 Å². The van der Waals surface area contributed by atoms with Gasteiger partial charge in [-0.3, -0.25) is 4.79 Å². The third kappa shape index (κ3) is 4.47. The lowest BCUT2D eigenvalue weighted by Crippen LogP contribution is -2.44. The van der Waals surface area contributed by atoms with Crippen LogP contribution in [0.25, 0.3) is 0 Å². The Balaban J connectivity index is 2.00. The highest BCUT2D eigenvalue weighted by Gasteiger charge is 2.26. The summed E-state index contributed by atoms with van der Waals surface area (Å²) in [5.74, 6) is 1.19. The molecule has 1 aliphatic heterocycles. The lowest BCUT2D eigenvalue weighted by atomic mass is 9.85. The van der Waals surface area contributed by atoms with Crippen LogP contribution in [0.3, 0.4) is 0 Å². The molecule has 2 heterocycles. The van der Waals surface area contributed by atoms with E-state index in [1.165, 1.54) is 11.3 Å².